The smallest absolute Gasteiger partial charge is 0.122 e. The van der Waals surface area contributed by atoms with E-state index >= 15 is 0 Å². The molecule has 0 aromatic heterocycles. The summed E-state index contributed by atoms with van der Waals surface area (Å²) in [4.78, 5) is 0. The number of benzene rings is 1. The van der Waals surface area contributed by atoms with Gasteiger partial charge in [0.2, 0.25) is 0 Å². The number of hydrogen-bond acceptors (Lipinski definition) is 2. The van der Waals surface area contributed by atoms with Crippen LogP contribution in [0, 0.1) is 12.3 Å². The maximum Gasteiger partial charge on any atom is 0.122 e. The first-order valence-electron chi connectivity index (χ1n) is 8.03. The monoisotopic (exact) mass is 291 g/mol. The second-order valence-electron chi connectivity index (χ2n) is 8.02. The van der Waals surface area contributed by atoms with Crippen LogP contribution in [0.3, 0.4) is 0 Å². The molecule has 1 atom stereocenters. The Labute approximate surface area is 131 Å². The van der Waals surface area contributed by atoms with Crippen molar-refractivity contribution in [3.8, 4) is 5.75 Å². The predicted molar refractivity (Wildman–Crippen MR) is 92.3 cm³/mol. The largest absolute Gasteiger partial charge is 0.492 e. The van der Waals surface area contributed by atoms with Crippen LogP contribution in [0.4, 0.5) is 0 Å². The summed E-state index contributed by atoms with van der Waals surface area (Å²) >= 11 is 0. The molecule has 1 N–H and O–H groups in total. The minimum absolute atomic E-state index is 0.182. The van der Waals surface area contributed by atoms with Crippen molar-refractivity contribution < 1.29 is 4.74 Å². The molecule has 120 valence electrons. The lowest BCUT2D eigenvalue weighted by Gasteiger charge is -2.31. The summed E-state index contributed by atoms with van der Waals surface area (Å²) in [6, 6.07) is 6.89. The van der Waals surface area contributed by atoms with Gasteiger partial charge in [-0.05, 0) is 41.5 Å². The fraction of sp³-hybridized carbons (Fsp3) is 0.684. The molecule has 0 saturated carbocycles. The second-order valence-corrected chi connectivity index (χ2v) is 8.02. The predicted octanol–water partition coefficient (Wildman–Crippen LogP) is 4.70. The average molecular weight is 291 g/mol. The molecule has 0 radical (unpaired) electrons. The summed E-state index contributed by atoms with van der Waals surface area (Å²) in [6.45, 7) is 19.4. The van der Waals surface area contributed by atoms with E-state index in [2.05, 4.69) is 78.9 Å². The molecule has 0 amide bonds. The third-order valence-electron chi connectivity index (χ3n) is 3.94. The molecule has 2 heteroatoms. The van der Waals surface area contributed by atoms with Crippen LogP contribution in [0.2, 0.25) is 0 Å². The first kappa shape index (κ1) is 18.0. The van der Waals surface area contributed by atoms with Gasteiger partial charge in [-0.25, -0.2) is 0 Å². The highest BCUT2D eigenvalue weighted by atomic mass is 16.5. The SMILES string of the molecule is CCNC(COc1ccc(C(C)(C)C)cc1C)C(C)(C)C. The minimum Gasteiger partial charge on any atom is -0.492 e. The lowest BCUT2D eigenvalue weighted by Crippen LogP contribution is -2.44. The van der Waals surface area contributed by atoms with E-state index in [4.69, 9.17) is 4.74 Å². The van der Waals surface area contributed by atoms with Crippen LogP contribution in [0.15, 0.2) is 18.2 Å². The third-order valence-corrected chi connectivity index (χ3v) is 3.94. The maximum absolute atomic E-state index is 6.08. The minimum atomic E-state index is 0.182. The van der Waals surface area contributed by atoms with E-state index in [-0.39, 0.29) is 10.8 Å². The first-order valence-corrected chi connectivity index (χ1v) is 8.03. The standard InChI is InChI=1S/C19H33NO/c1-9-20-17(19(6,7)8)13-21-16-11-10-15(12-14(16)2)18(3,4)5/h10-12,17,20H,9,13H2,1-8H3. The maximum atomic E-state index is 6.08. The summed E-state index contributed by atoms with van der Waals surface area (Å²) in [5, 5.41) is 3.52. The van der Waals surface area contributed by atoms with Crippen LogP contribution in [-0.4, -0.2) is 19.2 Å². The molecule has 0 aliphatic heterocycles. The van der Waals surface area contributed by atoms with Gasteiger partial charge in [0.15, 0.2) is 0 Å². The van der Waals surface area contributed by atoms with Crippen molar-refractivity contribution in [2.24, 2.45) is 5.41 Å². The van der Waals surface area contributed by atoms with Crippen molar-refractivity contribution in [2.75, 3.05) is 13.2 Å². The van der Waals surface area contributed by atoms with E-state index in [9.17, 15) is 0 Å². The Morgan fingerprint density at radius 1 is 1.10 bits per heavy atom. The van der Waals surface area contributed by atoms with E-state index < -0.39 is 0 Å². The lowest BCUT2D eigenvalue weighted by molar-refractivity contribution is 0.175. The average Bonchev–Trinajstić information content (AvgIpc) is 2.33. The van der Waals surface area contributed by atoms with Gasteiger partial charge >= 0.3 is 0 Å². The van der Waals surface area contributed by atoms with Gasteiger partial charge in [-0.1, -0.05) is 60.6 Å². The van der Waals surface area contributed by atoms with Gasteiger partial charge in [0, 0.05) is 6.04 Å². The summed E-state index contributed by atoms with van der Waals surface area (Å²) in [5.74, 6) is 0.996. The van der Waals surface area contributed by atoms with Crippen molar-refractivity contribution in [3.05, 3.63) is 29.3 Å². The van der Waals surface area contributed by atoms with Crippen molar-refractivity contribution in [1.82, 2.24) is 5.32 Å². The number of rotatable bonds is 5. The molecule has 0 heterocycles. The van der Waals surface area contributed by atoms with Gasteiger partial charge in [0.05, 0.1) is 0 Å². The van der Waals surface area contributed by atoms with Crippen LogP contribution in [-0.2, 0) is 5.41 Å². The zero-order valence-corrected chi connectivity index (χ0v) is 15.1. The number of nitrogens with one attached hydrogen (secondary N) is 1. The number of hydrogen-bond donors (Lipinski definition) is 1. The van der Waals surface area contributed by atoms with Gasteiger partial charge in [0.25, 0.3) is 0 Å². The Morgan fingerprint density at radius 2 is 1.71 bits per heavy atom. The topological polar surface area (TPSA) is 21.3 Å². The van der Waals surface area contributed by atoms with Gasteiger partial charge in [0.1, 0.15) is 12.4 Å². The van der Waals surface area contributed by atoms with Gasteiger partial charge in [-0.15, -0.1) is 0 Å². The zero-order valence-electron chi connectivity index (χ0n) is 15.1. The molecule has 0 bridgehead atoms. The summed E-state index contributed by atoms with van der Waals surface area (Å²) < 4.78 is 6.08. The molecule has 1 aromatic carbocycles. The molecule has 2 nitrogen and oxygen atoms in total. The summed E-state index contributed by atoms with van der Waals surface area (Å²) in [6.07, 6.45) is 0. The summed E-state index contributed by atoms with van der Waals surface area (Å²) in [5.41, 5.74) is 2.94. The van der Waals surface area contributed by atoms with Crippen molar-refractivity contribution in [3.63, 3.8) is 0 Å². The van der Waals surface area contributed by atoms with Crippen LogP contribution in [0.25, 0.3) is 0 Å². The number of likely N-dealkylation sites (N-methyl/N-ethyl adjacent to an activating group) is 1. The van der Waals surface area contributed by atoms with E-state index in [0.717, 1.165) is 12.3 Å². The van der Waals surface area contributed by atoms with E-state index in [0.29, 0.717) is 12.6 Å². The van der Waals surface area contributed by atoms with E-state index in [1.165, 1.54) is 11.1 Å². The molecular weight excluding hydrogens is 258 g/mol. The fourth-order valence-corrected chi connectivity index (χ4v) is 2.31. The van der Waals surface area contributed by atoms with Crippen molar-refractivity contribution in [2.45, 2.75) is 66.8 Å². The van der Waals surface area contributed by atoms with E-state index in [1.807, 2.05) is 0 Å². The molecule has 1 rings (SSSR count). The number of ether oxygens (including phenoxy) is 1. The molecule has 0 fully saturated rings. The van der Waals surface area contributed by atoms with Gasteiger partial charge in [-0.2, -0.15) is 0 Å². The Kier molecular flexibility index (Phi) is 5.86. The number of aryl methyl sites for hydroxylation is 1. The van der Waals surface area contributed by atoms with E-state index in [1.54, 1.807) is 0 Å². The normalized spacial score (nSPS) is 14.1. The van der Waals surface area contributed by atoms with Crippen LogP contribution < -0.4 is 10.1 Å². The van der Waals surface area contributed by atoms with Crippen molar-refractivity contribution >= 4 is 0 Å². The zero-order chi connectivity index (χ0) is 16.3. The highest BCUT2D eigenvalue weighted by molar-refractivity contribution is 5.38. The van der Waals surface area contributed by atoms with Gasteiger partial charge in [-0.3, -0.25) is 0 Å². The van der Waals surface area contributed by atoms with Crippen molar-refractivity contribution in [1.29, 1.82) is 0 Å². The van der Waals surface area contributed by atoms with Crippen LogP contribution >= 0.6 is 0 Å². The molecule has 1 aromatic rings. The molecule has 21 heavy (non-hydrogen) atoms. The van der Waals surface area contributed by atoms with Gasteiger partial charge < -0.3 is 10.1 Å². The highest BCUT2D eigenvalue weighted by Crippen LogP contribution is 2.28. The van der Waals surface area contributed by atoms with Crippen LogP contribution in [0.1, 0.15) is 59.6 Å². The second kappa shape index (κ2) is 6.83. The molecule has 0 spiro atoms. The molecule has 1 unspecified atom stereocenters. The summed E-state index contributed by atoms with van der Waals surface area (Å²) in [7, 11) is 0. The Morgan fingerprint density at radius 3 is 2.14 bits per heavy atom. The Balaban J connectivity index is 2.80. The first-order chi connectivity index (χ1) is 9.55. The van der Waals surface area contributed by atoms with Crippen LogP contribution in [0.5, 0.6) is 5.75 Å². The molecular formula is C19H33NO. The Bertz CT molecular complexity index is 452. The molecule has 0 saturated heterocycles. The highest BCUT2D eigenvalue weighted by Gasteiger charge is 2.24. The molecule has 0 aliphatic rings. The quantitative estimate of drug-likeness (QED) is 0.849. The molecule has 0 aliphatic carbocycles. The fourth-order valence-electron chi connectivity index (χ4n) is 2.31. The lowest BCUT2D eigenvalue weighted by atomic mass is 9.86. The third kappa shape index (κ3) is 5.35. The Hall–Kier alpha value is -1.02.